The molecular weight excluding hydrogens is 431 g/mol. The molecule has 2 unspecified atom stereocenters. The molecule has 0 saturated carbocycles. The maximum atomic E-state index is 11.3. The Hall–Kier alpha value is 4.39. The van der Waals surface area contributed by atoms with Crippen molar-refractivity contribution in [1.82, 2.24) is 0 Å². The van der Waals surface area contributed by atoms with Crippen molar-refractivity contribution in [2.24, 2.45) is 5.73 Å². The Balaban J connectivity index is -0.000000301. The van der Waals surface area contributed by atoms with Crippen molar-refractivity contribution in [2.45, 2.75) is 44.9 Å². The number of ether oxygens (including phenoxy) is 2. The van der Waals surface area contributed by atoms with Gasteiger partial charge in [-0.05, 0) is 20.3 Å². The van der Waals surface area contributed by atoms with E-state index in [4.69, 9.17) is 15.9 Å². The third-order valence-electron chi connectivity index (χ3n) is 2.26. The van der Waals surface area contributed by atoms with Gasteiger partial charge >= 0.3 is 229 Å². The van der Waals surface area contributed by atoms with Crippen molar-refractivity contribution in [1.29, 1.82) is 0 Å². The minimum atomic E-state index is -1.34. The summed E-state index contributed by atoms with van der Waals surface area (Å²) in [4.78, 5) is 43.5. The zero-order valence-electron chi connectivity index (χ0n) is 11.1. The Kier molecular flexibility index (Phi) is 35.8. The number of rotatable bonds is 8. The molecule has 0 saturated heterocycles. The molecule has 0 fully saturated rings. The SMILES string of the molecule is CC(OC(=O)CC[C@H](N)C(=O)OC(C)C(=O)O)C(=O)O.[KH].[KH].[KH].[KH]. The predicted molar refractivity (Wildman–Crippen MR) is 92.2 cm³/mol. The molecule has 0 bridgehead atoms. The molecule has 0 aliphatic carbocycles. The fourth-order valence-electron chi connectivity index (χ4n) is 1.01. The number of carboxylic acids is 2. The van der Waals surface area contributed by atoms with Crippen LogP contribution in [-0.2, 0) is 28.7 Å². The summed E-state index contributed by atoms with van der Waals surface area (Å²) in [6.45, 7) is 2.35. The molecule has 0 aromatic carbocycles. The zero-order valence-corrected chi connectivity index (χ0v) is 11.1. The summed E-state index contributed by atoms with van der Waals surface area (Å²) in [6.07, 6.45) is -3.06. The van der Waals surface area contributed by atoms with Crippen LogP contribution in [0, 0.1) is 0 Å². The summed E-state index contributed by atoms with van der Waals surface area (Å²) in [5.41, 5.74) is 5.41. The fraction of sp³-hybridized carbons (Fsp3) is 0.636. The first-order valence-corrected chi connectivity index (χ1v) is 5.76. The van der Waals surface area contributed by atoms with Crippen molar-refractivity contribution < 1.29 is 38.9 Å². The van der Waals surface area contributed by atoms with E-state index in [2.05, 4.69) is 9.47 Å². The van der Waals surface area contributed by atoms with E-state index < -0.39 is 42.1 Å². The van der Waals surface area contributed by atoms with Crippen LogP contribution in [0.2, 0.25) is 0 Å². The predicted octanol–water partition coefficient (Wildman–Crippen LogP) is -3.47. The summed E-state index contributed by atoms with van der Waals surface area (Å²) in [7, 11) is 0. The van der Waals surface area contributed by atoms with Gasteiger partial charge in [0.2, 0.25) is 0 Å². The first-order valence-electron chi connectivity index (χ1n) is 5.76. The Labute approximate surface area is 310 Å². The number of hydrogen-bond donors (Lipinski definition) is 3. The number of nitrogens with two attached hydrogens (primary N) is 1. The first-order chi connectivity index (χ1) is 9.15. The summed E-state index contributed by atoms with van der Waals surface area (Å²) >= 11 is 0. The molecule has 0 aliphatic rings. The molecule has 9 nitrogen and oxygen atoms in total. The van der Waals surface area contributed by atoms with E-state index in [9.17, 15) is 19.2 Å². The molecule has 0 amide bonds. The summed E-state index contributed by atoms with van der Waals surface area (Å²) in [6, 6.07) is -1.19. The van der Waals surface area contributed by atoms with Crippen LogP contribution < -0.4 is 5.73 Å². The van der Waals surface area contributed by atoms with Crippen molar-refractivity contribution in [3.05, 3.63) is 0 Å². The van der Waals surface area contributed by atoms with E-state index in [1.54, 1.807) is 0 Å². The van der Waals surface area contributed by atoms with Crippen LogP contribution in [0.3, 0.4) is 0 Å². The minimum absolute atomic E-state index is 0. The van der Waals surface area contributed by atoms with E-state index in [0.29, 0.717) is 0 Å². The fourth-order valence-corrected chi connectivity index (χ4v) is 1.01. The van der Waals surface area contributed by atoms with Gasteiger partial charge in [0.1, 0.15) is 6.04 Å². The van der Waals surface area contributed by atoms with Crippen molar-refractivity contribution in [3.8, 4) is 0 Å². The summed E-state index contributed by atoms with van der Waals surface area (Å²) in [5, 5.41) is 17.1. The molecule has 0 spiro atoms. The average molecular weight is 452 g/mol. The van der Waals surface area contributed by atoms with Crippen LogP contribution in [0.1, 0.15) is 26.7 Å². The van der Waals surface area contributed by atoms with Crippen LogP contribution in [0.5, 0.6) is 0 Å². The molecule has 24 heavy (non-hydrogen) atoms. The van der Waals surface area contributed by atoms with E-state index in [1.165, 1.54) is 6.92 Å². The number of esters is 2. The number of aliphatic carboxylic acids is 2. The molecule has 0 heterocycles. The molecule has 0 aromatic rings. The zero-order chi connectivity index (χ0) is 15.9. The van der Waals surface area contributed by atoms with E-state index in [1.807, 2.05) is 0 Å². The third-order valence-corrected chi connectivity index (χ3v) is 2.26. The second-order valence-corrected chi connectivity index (χ2v) is 4.03. The van der Waals surface area contributed by atoms with Crippen LogP contribution in [0.15, 0.2) is 0 Å². The van der Waals surface area contributed by atoms with Gasteiger partial charge in [0, 0.05) is 6.42 Å². The quantitative estimate of drug-likeness (QED) is 0.252. The van der Waals surface area contributed by atoms with Gasteiger partial charge in [-0.2, -0.15) is 0 Å². The molecule has 0 rings (SSSR count). The molecular formula is C11H21K4NO8. The van der Waals surface area contributed by atoms with Crippen molar-refractivity contribution >= 4 is 229 Å². The third kappa shape index (κ3) is 19.7. The second kappa shape index (κ2) is 22.1. The van der Waals surface area contributed by atoms with E-state index in [0.717, 1.165) is 6.92 Å². The van der Waals surface area contributed by atoms with Crippen molar-refractivity contribution in [3.63, 3.8) is 0 Å². The Morgan fingerprint density at radius 1 is 0.875 bits per heavy atom. The number of hydrogen-bond acceptors (Lipinski definition) is 7. The summed E-state index contributed by atoms with van der Waals surface area (Å²) in [5.74, 6) is -4.40. The van der Waals surface area contributed by atoms with E-state index >= 15 is 0 Å². The first kappa shape index (κ1) is 38.9. The molecule has 122 valence electrons. The number of carbonyl (C=O) groups excluding carboxylic acids is 2. The van der Waals surface area contributed by atoms with Gasteiger partial charge in [0.05, 0.1) is 0 Å². The average Bonchev–Trinajstić information content (AvgIpc) is 2.35. The number of carboxylic acid groups (broad SMARTS) is 2. The van der Waals surface area contributed by atoms with Gasteiger partial charge in [-0.25, -0.2) is 9.59 Å². The Morgan fingerprint density at radius 2 is 1.25 bits per heavy atom. The van der Waals surface area contributed by atoms with Gasteiger partial charge in [-0.3, -0.25) is 9.59 Å². The molecule has 0 aliphatic heterocycles. The van der Waals surface area contributed by atoms with Gasteiger partial charge in [-0.15, -0.1) is 0 Å². The van der Waals surface area contributed by atoms with E-state index in [-0.39, 0.29) is 218 Å². The standard InChI is InChI=1S/C11H17NO8.4K.4H/c1-5(9(14)15)19-8(13)4-3-7(12)11(18)20-6(2)10(16)17;;;;;;;;/h5-7H,3-4,12H2,1-2H3,(H,14,15)(H,16,17);;;;;;;;/t5?,6?,7-;;;;;;;;/m0......../s1. The molecule has 0 radical (unpaired) electrons. The Bertz CT molecular complexity index is 409. The van der Waals surface area contributed by atoms with Gasteiger partial charge in [0.15, 0.2) is 12.2 Å². The normalized spacial score (nSPS) is 12.3. The molecule has 0 aromatic heterocycles. The topological polar surface area (TPSA) is 153 Å². The maximum absolute atomic E-state index is 11.3. The van der Waals surface area contributed by atoms with Gasteiger partial charge < -0.3 is 25.4 Å². The molecule has 3 atom stereocenters. The van der Waals surface area contributed by atoms with Gasteiger partial charge in [-0.1, -0.05) is 0 Å². The second-order valence-electron chi connectivity index (χ2n) is 4.03. The molecule has 4 N–H and O–H groups in total. The molecule has 13 heteroatoms. The van der Waals surface area contributed by atoms with Crippen LogP contribution >= 0.6 is 0 Å². The summed E-state index contributed by atoms with van der Waals surface area (Å²) < 4.78 is 9.04. The number of carbonyl (C=O) groups is 4. The van der Waals surface area contributed by atoms with Crippen molar-refractivity contribution in [2.75, 3.05) is 0 Å². The Morgan fingerprint density at radius 3 is 1.62 bits per heavy atom. The van der Waals surface area contributed by atoms with Crippen LogP contribution in [0.4, 0.5) is 0 Å². The monoisotopic (exact) mass is 451 g/mol. The van der Waals surface area contributed by atoms with Crippen LogP contribution in [-0.4, -0.2) is 258 Å². The van der Waals surface area contributed by atoms with Gasteiger partial charge in [0.25, 0.3) is 0 Å². The van der Waals surface area contributed by atoms with Crippen LogP contribution in [0.25, 0.3) is 0 Å².